The van der Waals surface area contributed by atoms with Crippen molar-refractivity contribution in [3.05, 3.63) is 54.1 Å². The average Bonchev–Trinajstić information content (AvgIpc) is 2.80. The molecule has 1 saturated heterocycles. The van der Waals surface area contributed by atoms with Gasteiger partial charge in [0.25, 0.3) is 0 Å². The van der Waals surface area contributed by atoms with Crippen LogP contribution in [0.25, 0.3) is 0 Å². The molecule has 1 aliphatic rings. The van der Waals surface area contributed by atoms with Crippen molar-refractivity contribution in [3.63, 3.8) is 0 Å². The van der Waals surface area contributed by atoms with Gasteiger partial charge in [-0.25, -0.2) is 22.0 Å². The second-order valence-corrected chi connectivity index (χ2v) is 9.30. The van der Waals surface area contributed by atoms with Crippen molar-refractivity contribution in [2.24, 2.45) is 5.92 Å². The molecule has 178 valence electrons. The molecule has 1 fully saturated rings. The molecular weight excluding hydrogens is 458 g/mol. The van der Waals surface area contributed by atoms with E-state index in [1.807, 2.05) is 0 Å². The molecule has 0 aromatic heterocycles. The van der Waals surface area contributed by atoms with Crippen LogP contribution in [0, 0.1) is 17.6 Å². The highest BCUT2D eigenvalue weighted by Crippen LogP contribution is 2.26. The van der Waals surface area contributed by atoms with E-state index in [-0.39, 0.29) is 49.9 Å². The molecule has 0 spiro atoms. The van der Waals surface area contributed by atoms with Crippen molar-refractivity contribution in [2.75, 3.05) is 31.6 Å². The van der Waals surface area contributed by atoms with E-state index in [2.05, 4.69) is 5.32 Å². The molecule has 0 radical (unpaired) electrons. The Morgan fingerprint density at radius 1 is 1.09 bits per heavy atom. The van der Waals surface area contributed by atoms with Crippen molar-refractivity contribution in [1.82, 2.24) is 4.31 Å². The maximum Gasteiger partial charge on any atom is 0.344 e. The van der Waals surface area contributed by atoms with Crippen molar-refractivity contribution >= 4 is 27.6 Å². The number of anilines is 1. The molecule has 11 heteroatoms. The predicted octanol–water partition coefficient (Wildman–Crippen LogP) is 2.95. The normalized spacial score (nSPS) is 15.1. The Morgan fingerprint density at radius 2 is 1.82 bits per heavy atom. The summed E-state index contributed by atoms with van der Waals surface area (Å²) in [5, 5.41) is 2.77. The summed E-state index contributed by atoms with van der Waals surface area (Å²) in [5.41, 5.74) is 0.471. The smallest absolute Gasteiger partial charge is 0.344 e. The lowest BCUT2D eigenvalue weighted by Gasteiger charge is -2.30. The van der Waals surface area contributed by atoms with Gasteiger partial charge in [0.1, 0.15) is 5.75 Å². The molecule has 8 nitrogen and oxygen atoms in total. The van der Waals surface area contributed by atoms with Gasteiger partial charge in [0.15, 0.2) is 18.2 Å². The Labute approximate surface area is 190 Å². The zero-order valence-electron chi connectivity index (χ0n) is 17.9. The zero-order chi connectivity index (χ0) is 24.0. The molecule has 0 aliphatic carbocycles. The van der Waals surface area contributed by atoms with E-state index < -0.39 is 33.5 Å². The summed E-state index contributed by atoms with van der Waals surface area (Å²) in [6.07, 6.45) is 0.543. The zero-order valence-corrected chi connectivity index (χ0v) is 18.7. The van der Waals surface area contributed by atoms with E-state index in [4.69, 9.17) is 9.47 Å². The number of halogens is 2. The highest BCUT2D eigenvalue weighted by Gasteiger charge is 2.32. The van der Waals surface area contributed by atoms with Gasteiger partial charge in [-0.2, -0.15) is 4.31 Å². The van der Waals surface area contributed by atoms with Crippen LogP contribution in [0.3, 0.4) is 0 Å². The number of benzene rings is 2. The molecule has 0 bridgehead atoms. The summed E-state index contributed by atoms with van der Waals surface area (Å²) in [6, 6.07) is 8.97. The van der Waals surface area contributed by atoms with E-state index >= 15 is 0 Å². The van der Waals surface area contributed by atoms with Crippen molar-refractivity contribution < 1.29 is 36.3 Å². The van der Waals surface area contributed by atoms with E-state index in [1.54, 1.807) is 31.2 Å². The first-order valence-corrected chi connectivity index (χ1v) is 11.8. The monoisotopic (exact) mass is 482 g/mol. The molecule has 2 aromatic carbocycles. The number of nitrogens with one attached hydrogen (secondary N) is 1. The third-order valence-corrected chi connectivity index (χ3v) is 7.01. The molecular formula is C22H24F2N2O6S. The fourth-order valence-corrected chi connectivity index (χ4v) is 4.88. The number of sulfonamides is 1. The van der Waals surface area contributed by atoms with Gasteiger partial charge in [-0.15, -0.1) is 0 Å². The minimum Gasteiger partial charge on any atom is -0.482 e. The topological polar surface area (TPSA) is 102 Å². The van der Waals surface area contributed by atoms with Crippen LogP contribution in [-0.2, 0) is 24.3 Å². The number of ether oxygens (including phenoxy) is 2. The number of hydrogen-bond donors (Lipinski definition) is 1. The summed E-state index contributed by atoms with van der Waals surface area (Å²) in [6.45, 7) is 1.83. The summed E-state index contributed by atoms with van der Waals surface area (Å²) < 4.78 is 63.3. The third-order valence-electron chi connectivity index (χ3n) is 5.12. The van der Waals surface area contributed by atoms with Gasteiger partial charge in [0, 0.05) is 30.8 Å². The Bertz CT molecular complexity index is 1120. The number of carbonyl (C=O) groups excluding carboxylic acids is 2. The van der Waals surface area contributed by atoms with Gasteiger partial charge >= 0.3 is 5.97 Å². The van der Waals surface area contributed by atoms with Crippen LogP contribution in [0.1, 0.15) is 19.8 Å². The van der Waals surface area contributed by atoms with E-state index in [9.17, 15) is 26.8 Å². The second-order valence-electron chi connectivity index (χ2n) is 7.37. The van der Waals surface area contributed by atoms with Crippen molar-refractivity contribution in [3.8, 4) is 5.75 Å². The Kier molecular flexibility index (Phi) is 7.98. The quantitative estimate of drug-likeness (QED) is 0.581. The SMILES string of the molecule is CCOC(=O)COc1cccc(NC(=O)C2CCN(S(=O)(=O)c3ccc(F)c(F)c3)CC2)c1. The largest absolute Gasteiger partial charge is 0.482 e. The summed E-state index contributed by atoms with van der Waals surface area (Å²) in [7, 11) is -3.99. The third kappa shape index (κ3) is 6.26. The lowest BCUT2D eigenvalue weighted by Crippen LogP contribution is -2.41. The molecule has 1 N–H and O–H groups in total. The van der Waals surface area contributed by atoms with Crippen LogP contribution in [0.4, 0.5) is 14.5 Å². The van der Waals surface area contributed by atoms with Crippen LogP contribution in [0.5, 0.6) is 5.75 Å². The molecule has 1 heterocycles. The summed E-state index contributed by atoms with van der Waals surface area (Å²) >= 11 is 0. The molecule has 1 aliphatic heterocycles. The number of esters is 1. The number of nitrogens with zero attached hydrogens (tertiary/aromatic N) is 1. The number of rotatable bonds is 8. The van der Waals surface area contributed by atoms with Gasteiger partial charge in [-0.05, 0) is 50.1 Å². The molecule has 0 saturated carbocycles. The molecule has 2 aromatic rings. The second kappa shape index (κ2) is 10.7. The van der Waals surface area contributed by atoms with Gasteiger partial charge in [-0.1, -0.05) is 6.07 Å². The minimum atomic E-state index is -3.99. The van der Waals surface area contributed by atoms with E-state index in [0.29, 0.717) is 17.5 Å². The number of carbonyl (C=O) groups is 2. The maximum atomic E-state index is 13.5. The fraction of sp³-hybridized carbons (Fsp3) is 0.364. The van der Waals surface area contributed by atoms with Gasteiger partial charge in [0.05, 0.1) is 11.5 Å². The van der Waals surface area contributed by atoms with Crippen molar-refractivity contribution in [2.45, 2.75) is 24.7 Å². The molecule has 0 atom stereocenters. The Morgan fingerprint density at radius 3 is 2.48 bits per heavy atom. The average molecular weight is 483 g/mol. The van der Waals surface area contributed by atoms with Gasteiger partial charge in [0.2, 0.25) is 15.9 Å². The highest BCUT2D eigenvalue weighted by molar-refractivity contribution is 7.89. The van der Waals surface area contributed by atoms with Crippen LogP contribution in [0.2, 0.25) is 0 Å². The first-order chi connectivity index (χ1) is 15.7. The standard InChI is InChI=1S/C22H24F2N2O6S/c1-2-31-21(27)14-32-17-5-3-4-16(12-17)25-22(28)15-8-10-26(11-9-15)33(29,30)18-6-7-19(23)20(24)13-18/h3-7,12-13,15H,2,8-11,14H2,1H3,(H,25,28). The number of hydrogen-bond acceptors (Lipinski definition) is 6. The first-order valence-electron chi connectivity index (χ1n) is 10.3. The van der Waals surface area contributed by atoms with Gasteiger partial charge in [-0.3, -0.25) is 4.79 Å². The maximum absolute atomic E-state index is 13.5. The summed E-state index contributed by atoms with van der Waals surface area (Å²) in [5.74, 6) is -3.18. The number of amides is 1. The van der Waals surface area contributed by atoms with Crippen molar-refractivity contribution in [1.29, 1.82) is 0 Å². The lowest BCUT2D eigenvalue weighted by atomic mass is 9.97. The Balaban J connectivity index is 1.56. The Hall–Kier alpha value is -3.05. The van der Waals surface area contributed by atoms with E-state index in [0.717, 1.165) is 16.4 Å². The van der Waals surface area contributed by atoms with Crippen LogP contribution in [-0.4, -0.2) is 50.9 Å². The molecule has 1 amide bonds. The first kappa shape index (κ1) is 24.6. The van der Waals surface area contributed by atoms with Crippen LogP contribution in [0.15, 0.2) is 47.4 Å². The van der Waals surface area contributed by atoms with E-state index in [1.165, 1.54) is 0 Å². The highest BCUT2D eigenvalue weighted by atomic mass is 32.2. The number of piperidine rings is 1. The minimum absolute atomic E-state index is 0.0715. The fourth-order valence-electron chi connectivity index (χ4n) is 3.40. The summed E-state index contributed by atoms with van der Waals surface area (Å²) in [4.78, 5) is 23.7. The van der Waals surface area contributed by atoms with Crippen LogP contribution < -0.4 is 10.1 Å². The molecule has 3 rings (SSSR count). The predicted molar refractivity (Wildman–Crippen MR) is 115 cm³/mol. The molecule has 0 unspecified atom stereocenters. The van der Waals surface area contributed by atoms with Gasteiger partial charge < -0.3 is 14.8 Å². The molecule has 33 heavy (non-hydrogen) atoms. The van der Waals surface area contributed by atoms with Crippen LogP contribution >= 0.6 is 0 Å². The lowest BCUT2D eigenvalue weighted by molar-refractivity contribution is -0.145.